The number of aliphatic hydroxyl groups is 2. The molecule has 4 unspecified atom stereocenters. The van der Waals surface area contributed by atoms with Gasteiger partial charge in [-0.1, -0.05) is 0 Å². The number of nitrogens with two attached hydrogens (primary N) is 1. The van der Waals surface area contributed by atoms with Crippen molar-refractivity contribution < 1.29 is 34.5 Å². The zero-order valence-electron chi connectivity index (χ0n) is 12.8. The van der Waals surface area contributed by atoms with Crippen LogP contribution in [0.3, 0.4) is 0 Å². The lowest BCUT2D eigenvalue weighted by Gasteiger charge is -2.24. The minimum Gasteiger partial charge on any atom is -0.480 e. The molecule has 11 heteroatoms. The quantitative estimate of drug-likeness (QED) is 0.221. The summed E-state index contributed by atoms with van der Waals surface area (Å²) in [7, 11) is 0. The highest BCUT2D eigenvalue weighted by Gasteiger charge is 2.29. The molecule has 0 saturated heterocycles. The van der Waals surface area contributed by atoms with E-state index in [0.29, 0.717) is 0 Å². The Bertz CT molecular complexity index is 455. The zero-order chi connectivity index (χ0) is 18.2. The SMILES string of the molecule is CC(NC(=O)C(NC(=O)C(N)CO)C(C)O)C(=O)NCC(=O)O. The number of nitrogens with one attached hydrogen (secondary N) is 3. The Labute approximate surface area is 132 Å². The van der Waals surface area contributed by atoms with Gasteiger partial charge in [-0.3, -0.25) is 19.2 Å². The summed E-state index contributed by atoms with van der Waals surface area (Å²) >= 11 is 0. The molecule has 0 bridgehead atoms. The van der Waals surface area contributed by atoms with Crippen LogP contribution in [0.25, 0.3) is 0 Å². The number of rotatable bonds is 9. The largest absolute Gasteiger partial charge is 0.480 e. The van der Waals surface area contributed by atoms with Gasteiger partial charge >= 0.3 is 5.97 Å². The standard InChI is InChI=1S/C12H22N4O7/c1-5(10(21)14-3-8(19)20)15-12(23)9(6(2)18)16-11(22)7(13)4-17/h5-7,9,17-18H,3-4,13H2,1-2H3,(H,14,21)(H,15,23)(H,16,22)(H,19,20). The number of amides is 3. The number of carbonyl (C=O) groups excluding carboxylic acids is 3. The highest BCUT2D eigenvalue weighted by Crippen LogP contribution is 1.96. The molecule has 0 aliphatic rings. The van der Waals surface area contributed by atoms with Gasteiger partial charge in [0, 0.05) is 0 Å². The second-order valence-corrected chi connectivity index (χ2v) is 4.86. The predicted molar refractivity (Wildman–Crippen MR) is 76.9 cm³/mol. The van der Waals surface area contributed by atoms with E-state index in [1.54, 1.807) is 0 Å². The Kier molecular flexibility index (Phi) is 8.77. The molecule has 0 aliphatic heterocycles. The molecule has 0 aliphatic carbocycles. The first-order valence-corrected chi connectivity index (χ1v) is 6.74. The molecule has 8 N–H and O–H groups in total. The van der Waals surface area contributed by atoms with E-state index in [0.717, 1.165) is 0 Å². The van der Waals surface area contributed by atoms with Gasteiger partial charge in [-0.15, -0.1) is 0 Å². The van der Waals surface area contributed by atoms with Gasteiger partial charge in [0.05, 0.1) is 12.7 Å². The summed E-state index contributed by atoms with van der Waals surface area (Å²) in [4.78, 5) is 45.5. The molecule has 0 aromatic rings. The van der Waals surface area contributed by atoms with Crippen LogP contribution in [-0.2, 0) is 19.2 Å². The fraction of sp³-hybridized carbons (Fsp3) is 0.667. The molecule has 3 amide bonds. The molecule has 0 heterocycles. The summed E-state index contributed by atoms with van der Waals surface area (Å²) in [5.74, 6) is -3.71. The molecule has 0 fully saturated rings. The molecule has 0 radical (unpaired) electrons. The van der Waals surface area contributed by atoms with Crippen molar-refractivity contribution in [2.75, 3.05) is 13.2 Å². The Morgan fingerprint density at radius 1 is 1.04 bits per heavy atom. The molecule has 0 aromatic carbocycles. The van der Waals surface area contributed by atoms with Crippen LogP contribution in [-0.4, -0.2) is 76.4 Å². The second-order valence-electron chi connectivity index (χ2n) is 4.86. The van der Waals surface area contributed by atoms with Crippen LogP contribution < -0.4 is 21.7 Å². The molecule has 0 spiro atoms. The minimum atomic E-state index is -1.39. The Balaban J connectivity index is 4.70. The van der Waals surface area contributed by atoms with Gasteiger partial charge in [0.25, 0.3) is 0 Å². The van der Waals surface area contributed by atoms with Gasteiger partial charge in [0.15, 0.2) is 0 Å². The van der Waals surface area contributed by atoms with Crippen LogP contribution in [0, 0.1) is 0 Å². The van der Waals surface area contributed by atoms with Crippen molar-refractivity contribution in [3.8, 4) is 0 Å². The fourth-order valence-corrected chi connectivity index (χ4v) is 1.43. The highest BCUT2D eigenvalue weighted by molar-refractivity contribution is 5.93. The summed E-state index contributed by atoms with van der Waals surface area (Å²) in [6, 6.07) is -3.75. The number of aliphatic hydroxyl groups excluding tert-OH is 2. The van der Waals surface area contributed by atoms with E-state index in [2.05, 4.69) is 16.0 Å². The molecule has 11 nitrogen and oxygen atoms in total. The zero-order valence-corrected chi connectivity index (χ0v) is 12.8. The summed E-state index contributed by atoms with van der Waals surface area (Å²) < 4.78 is 0. The first kappa shape index (κ1) is 20.8. The Morgan fingerprint density at radius 3 is 2.04 bits per heavy atom. The van der Waals surface area contributed by atoms with Gasteiger partial charge in [-0.2, -0.15) is 0 Å². The minimum absolute atomic E-state index is 0.610. The maximum Gasteiger partial charge on any atom is 0.322 e. The highest BCUT2D eigenvalue weighted by atomic mass is 16.4. The molecule has 4 atom stereocenters. The van der Waals surface area contributed by atoms with E-state index in [4.69, 9.17) is 15.9 Å². The van der Waals surface area contributed by atoms with E-state index >= 15 is 0 Å². The maximum atomic E-state index is 12.0. The fourth-order valence-electron chi connectivity index (χ4n) is 1.43. The van der Waals surface area contributed by atoms with E-state index in [-0.39, 0.29) is 0 Å². The van der Waals surface area contributed by atoms with Crippen LogP contribution in [0.2, 0.25) is 0 Å². The van der Waals surface area contributed by atoms with Gasteiger partial charge in [-0.25, -0.2) is 0 Å². The number of hydrogen-bond donors (Lipinski definition) is 7. The summed E-state index contributed by atoms with van der Waals surface area (Å²) in [5, 5.41) is 33.2. The molecule has 0 saturated carbocycles. The van der Waals surface area contributed by atoms with Crippen molar-refractivity contribution in [2.45, 2.75) is 38.1 Å². The van der Waals surface area contributed by atoms with E-state index in [9.17, 15) is 24.3 Å². The molecular weight excluding hydrogens is 312 g/mol. The van der Waals surface area contributed by atoms with Crippen molar-refractivity contribution in [1.82, 2.24) is 16.0 Å². The number of hydrogen-bond acceptors (Lipinski definition) is 7. The topological polar surface area (TPSA) is 191 Å². The van der Waals surface area contributed by atoms with Crippen LogP contribution >= 0.6 is 0 Å². The van der Waals surface area contributed by atoms with Crippen LogP contribution in [0.4, 0.5) is 0 Å². The van der Waals surface area contributed by atoms with Crippen molar-refractivity contribution in [2.24, 2.45) is 5.73 Å². The summed E-state index contributed by atoms with van der Waals surface area (Å²) in [6.07, 6.45) is -1.29. The van der Waals surface area contributed by atoms with Crippen molar-refractivity contribution in [3.63, 3.8) is 0 Å². The third kappa shape index (κ3) is 7.54. The van der Waals surface area contributed by atoms with Crippen LogP contribution in [0.1, 0.15) is 13.8 Å². The number of carboxylic acids is 1. The third-order valence-corrected chi connectivity index (χ3v) is 2.76. The Morgan fingerprint density at radius 2 is 1.61 bits per heavy atom. The summed E-state index contributed by atoms with van der Waals surface area (Å²) in [6.45, 7) is 1.29. The lowest BCUT2D eigenvalue weighted by molar-refractivity contribution is -0.138. The maximum absolute atomic E-state index is 12.0. The van der Waals surface area contributed by atoms with Crippen molar-refractivity contribution >= 4 is 23.7 Å². The molecule has 0 rings (SSSR count). The van der Waals surface area contributed by atoms with Crippen LogP contribution in [0.15, 0.2) is 0 Å². The number of aliphatic carboxylic acids is 1. The second kappa shape index (κ2) is 9.71. The monoisotopic (exact) mass is 334 g/mol. The molecular formula is C12H22N4O7. The average molecular weight is 334 g/mol. The smallest absolute Gasteiger partial charge is 0.322 e. The lowest BCUT2D eigenvalue weighted by atomic mass is 10.1. The number of carboxylic acid groups (broad SMARTS) is 1. The van der Waals surface area contributed by atoms with Crippen molar-refractivity contribution in [1.29, 1.82) is 0 Å². The molecule has 0 aromatic heterocycles. The normalized spacial score (nSPS) is 15.7. The van der Waals surface area contributed by atoms with Gasteiger partial charge in [0.2, 0.25) is 17.7 Å². The predicted octanol–water partition coefficient (Wildman–Crippen LogP) is -4.12. The van der Waals surface area contributed by atoms with Gasteiger partial charge < -0.3 is 37.0 Å². The van der Waals surface area contributed by atoms with Crippen molar-refractivity contribution in [3.05, 3.63) is 0 Å². The van der Waals surface area contributed by atoms with E-state index in [1.165, 1.54) is 13.8 Å². The van der Waals surface area contributed by atoms with E-state index in [1.807, 2.05) is 0 Å². The summed E-state index contributed by atoms with van der Waals surface area (Å²) in [5.41, 5.74) is 5.29. The third-order valence-electron chi connectivity index (χ3n) is 2.76. The van der Waals surface area contributed by atoms with Crippen LogP contribution in [0.5, 0.6) is 0 Å². The first-order valence-electron chi connectivity index (χ1n) is 6.74. The lowest BCUT2D eigenvalue weighted by Crippen LogP contribution is -2.59. The Hall–Kier alpha value is -2.24. The molecule has 132 valence electrons. The molecule has 23 heavy (non-hydrogen) atoms. The van der Waals surface area contributed by atoms with E-state index < -0.39 is 61.1 Å². The van der Waals surface area contributed by atoms with Gasteiger partial charge in [-0.05, 0) is 13.8 Å². The number of carbonyl (C=O) groups is 4. The first-order chi connectivity index (χ1) is 10.6. The average Bonchev–Trinajstić information content (AvgIpc) is 2.48. The van der Waals surface area contributed by atoms with Gasteiger partial charge in [0.1, 0.15) is 24.7 Å².